The Labute approximate surface area is 179 Å². The number of carbonyl (C=O) groups excluding carboxylic acids is 1. The summed E-state index contributed by atoms with van der Waals surface area (Å²) < 4.78 is 6.17. The maximum atomic E-state index is 11.6. The number of hydrogen-bond acceptors (Lipinski definition) is 4. The Kier molecular flexibility index (Phi) is 4.84. The van der Waals surface area contributed by atoms with E-state index < -0.39 is 0 Å². The molecule has 2 aromatic heterocycles. The molecule has 5 nitrogen and oxygen atoms in total. The number of nitrogens with one attached hydrogen (secondary N) is 1. The van der Waals surface area contributed by atoms with Gasteiger partial charge in [0.15, 0.2) is 17.9 Å². The third-order valence-corrected chi connectivity index (χ3v) is 5.45. The fourth-order valence-electron chi connectivity index (χ4n) is 3.90. The molecule has 2 heterocycles. The van der Waals surface area contributed by atoms with Crippen molar-refractivity contribution in [2.24, 2.45) is 0 Å². The van der Waals surface area contributed by atoms with Crippen LogP contribution in [0.5, 0.6) is 5.75 Å². The third kappa shape index (κ3) is 3.51. The Bertz CT molecular complexity index is 1380. The van der Waals surface area contributed by atoms with E-state index >= 15 is 0 Å². The zero-order valence-corrected chi connectivity index (χ0v) is 16.7. The van der Waals surface area contributed by atoms with Crippen molar-refractivity contribution in [1.29, 1.82) is 0 Å². The monoisotopic (exact) mass is 408 g/mol. The van der Waals surface area contributed by atoms with Gasteiger partial charge in [0.05, 0.1) is 0 Å². The van der Waals surface area contributed by atoms with Gasteiger partial charge >= 0.3 is 0 Å². The van der Waals surface area contributed by atoms with Crippen molar-refractivity contribution in [3.63, 3.8) is 0 Å². The number of aromatic amines is 1. The van der Waals surface area contributed by atoms with E-state index in [1.54, 1.807) is 30.3 Å². The first-order chi connectivity index (χ1) is 15.2. The van der Waals surface area contributed by atoms with Crippen LogP contribution >= 0.6 is 0 Å². The first kappa shape index (κ1) is 18.9. The Morgan fingerprint density at radius 1 is 0.903 bits per heavy atom. The maximum Gasteiger partial charge on any atom is 0.195 e. The molecule has 0 spiro atoms. The molecule has 0 radical (unpaired) electrons. The fraction of sp³-hybridized carbons (Fsp3) is 0.0769. The lowest BCUT2D eigenvalue weighted by atomic mass is 10.0. The Balaban J connectivity index is 1.56. The number of carbonyl (C=O) groups is 1. The lowest BCUT2D eigenvalue weighted by Crippen LogP contribution is -1.91. The number of phenolic OH excluding ortho intramolecular Hbond substituents is 1. The van der Waals surface area contributed by atoms with Crippen molar-refractivity contribution >= 4 is 17.2 Å². The van der Waals surface area contributed by atoms with E-state index in [2.05, 4.69) is 17.1 Å². The van der Waals surface area contributed by atoms with Gasteiger partial charge in [0.2, 0.25) is 0 Å². The molecule has 5 aromatic rings. The number of phenols is 1. The zero-order chi connectivity index (χ0) is 21.2. The van der Waals surface area contributed by atoms with Crippen LogP contribution in [0.4, 0.5) is 0 Å². The van der Waals surface area contributed by atoms with Crippen LogP contribution in [-0.2, 0) is 12.8 Å². The van der Waals surface area contributed by atoms with Crippen molar-refractivity contribution < 1.29 is 14.3 Å². The largest absolute Gasteiger partial charge is 0.507 e. The molecule has 0 atom stereocenters. The number of para-hydroxylation sites is 2. The molecule has 2 N–H and O–H groups in total. The van der Waals surface area contributed by atoms with Crippen LogP contribution in [0.25, 0.3) is 33.5 Å². The molecule has 0 amide bonds. The van der Waals surface area contributed by atoms with Gasteiger partial charge in [-0.1, -0.05) is 54.6 Å². The van der Waals surface area contributed by atoms with Crippen LogP contribution in [0.15, 0.2) is 83.4 Å². The van der Waals surface area contributed by atoms with E-state index in [1.807, 2.05) is 36.5 Å². The summed E-state index contributed by atoms with van der Waals surface area (Å²) >= 11 is 0. The van der Waals surface area contributed by atoms with E-state index in [4.69, 9.17) is 9.40 Å². The number of H-pyrrole nitrogens is 1. The quantitative estimate of drug-likeness (QED) is 0.348. The standard InChI is InChI=1S/C26H20N2O3/c29-16-18-7-1-2-9-20(18)26-25(21-10-4-6-12-23(21)30)28-24(31-26)14-13-17-15-27-22-11-5-3-8-19(17)22/h1-12,15-16,27,30H,13-14H2. The number of aromatic hydroxyl groups is 1. The van der Waals surface area contributed by atoms with E-state index in [9.17, 15) is 9.90 Å². The molecule has 0 fully saturated rings. The second-order valence-corrected chi connectivity index (χ2v) is 7.37. The van der Waals surface area contributed by atoms with E-state index in [-0.39, 0.29) is 5.75 Å². The van der Waals surface area contributed by atoms with Crippen molar-refractivity contribution in [2.75, 3.05) is 0 Å². The molecule has 5 heteroatoms. The molecule has 0 aliphatic heterocycles. The SMILES string of the molecule is O=Cc1ccccc1-c1oc(CCc2c[nH]c3ccccc23)nc1-c1ccccc1O. The van der Waals surface area contributed by atoms with Gasteiger partial charge in [0, 0.05) is 40.2 Å². The van der Waals surface area contributed by atoms with Crippen LogP contribution in [0.1, 0.15) is 21.8 Å². The number of aryl methyl sites for hydroxylation is 2. The van der Waals surface area contributed by atoms with E-state index in [1.165, 1.54) is 10.9 Å². The van der Waals surface area contributed by atoms with Crippen molar-refractivity contribution in [3.8, 4) is 28.3 Å². The lowest BCUT2D eigenvalue weighted by molar-refractivity contribution is 0.112. The molecule has 0 unspecified atom stereocenters. The van der Waals surface area contributed by atoms with E-state index in [0.717, 1.165) is 18.2 Å². The maximum absolute atomic E-state index is 11.6. The van der Waals surface area contributed by atoms with Gasteiger partial charge in [-0.15, -0.1) is 0 Å². The Morgan fingerprint density at radius 3 is 2.48 bits per heavy atom. The fourth-order valence-corrected chi connectivity index (χ4v) is 3.90. The van der Waals surface area contributed by atoms with Crippen molar-refractivity contribution in [2.45, 2.75) is 12.8 Å². The Hall–Kier alpha value is -4.12. The predicted molar refractivity (Wildman–Crippen MR) is 120 cm³/mol. The predicted octanol–water partition coefficient (Wildman–Crippen LogP) is 5.79. The molecule has 0 aliphatic carbocycles. The number of oxazole rings is 1. The first-order valence-corrected chi connectivity index (χ1v) is 10.1. The normalized spacial score (nSPS) is 11.1. The molecule has 0 saturated heterocycles. The number of rotatable bonds is 6. The molecular formula is C26H20N2O3. The molecule has 0 aliphatic rings. The smallest absolute Gasteiger partial charge is 0.195 e. The van der Waals surface area contributed by atoms with Gasteiger partial charge in [-0.2, -0.15) is 0 Å². The number of aldehydes is 1. The molecule has 3 aromatic carbocycles. The van der Waals surface area contributed by atoms with Crippen LogP contribution in [0, 0.1) is 0 Å². The summed E-state index contributed by atoms with van der Waals surface area (Å²) in [4.78, 5) is 19.6. The van der Waals surface area contributed by atoms with E-state index in [0.29, 0.717) is 40.5 Å². The number of aromatic nitrogens is 2. The van der Waals surface area contributed by atoms with Gasteiger partial charge in [0.1, 0.15) is 11.4 Å². The summed E-state index contributed by atoms with van der Waals surface area (Å²) in [5, 5.41) is 11.6. The minimum atomic E-state index is 0.115. The van der Waals surface area contributed by atoms with Gasteiger partial charge in [-0.05, 0) is 30.2 Å². The molecular weight excluding hydrogens is 388 g/mol. The van der Waals surface area contributed by atoms with Gasteiger partial charge in [0.25, 0.3) is 0 Å². The van der Waals surface area contributed by atoms with Crippen LogP contribution in [-0.4, -0.2) is 21.4 Å². The highest BCUT2D eigenvalue weighted by Gasteiger charge is 2.21. The summed E-state index contributed by atoms with van der Waals surface area (Å²) in [5.74, 6) is 1.15. The molecule has 0 bridgehead atoms. The van der Waals surface area contributed by atoms with Crippen LogP contribution in [0.2, 0.25) is 0 Å². The number of benzene rings is 3. The topological polar surface area (TPSA) is 79.1 Å². The highest BCUT2D eigenvalue weighted by atomic mass is 16.4. The second kappa shape index (κ2) is 7.95. The average molecular weight is 408 g/mol. The minimum absolute atomic E-state index is 0.115. The number of hydrogen-bond donors (Lipinski definition) is 2. The highest BCUT2D eigenvalue weighted by Crippen LogP contribution is 2.38. The summed E-state index contributed by atoms with van der Waals surface area (Å²) in [5.41, 5.74) is 4.55. The molecule has 5 rings (SSSR count). The number of nitrogens with zero attached hydrogens (tertiary/aromatic N) is 1. The number of fused-ring (bicyclic) bond motifs is 1. The lowest BCUT2D eigenvalue weighted by Gasteiger charge is -2.05. The molecule has 0 saturated carbocycles. The minimum Gasteiger partial charge on any atom is -0.507 e. The van der Waals surface area contributed by atoms with Gasteiger partial charge < -0.3 is 14.5 Å². The summed E-state index contributed by atoms with van der Waals surface area (Å²) in [7, 11) is 0. The van der Waals surface area contributed by atoms with Crippen LogP contribution in [0.3, 0.4) is 0 Å². The van der Waals surface area contributed by atoms with Crippen molar-refractivity contribution in [1.82, 2.24) is 9.97 Å². The van der Waals surface area contributed by atoms with Gasteiger partial charge in [-0.25, -0.2) is 4.98 Å². The molecule has 152 valence electrons. The van der Waals surface area contributed by atoms with Crippen molar-refractivity contribution in [3.05, 3.63) is 96.0 Å². The summed E-state index contributed by atoms with van der Waals surface area (Å²) in [6.45, 7) is 0. The van der Waals surface area contributed by atoms with Gasteiger partial charge in [-0.3, -0.25) is 4.79 Å². The van der Waals surface area contributed by atoms with Crippen LogP contribution < -0.4 is 0 Å². The summed E-state index contributed by atoms with van der Waals surface area (Å²) in [6.07, 6.45) is 4.16. The Morgan fingerprint density at radius 2 is 1.65 bits per heavy atom. The zero-order valence-electron chi connectivity index (χ0n) is 16.7. The second-order valence-electron chi connectivity index (χ2n) is 7.37. The highest BCUT2D eigenvalue weighted by molar-refractivity contribution is 5.90. The summed E-state index contributed by atoms with van der Waals surface area (Å²) in [6, 6.07) is 22.4. The average Bonchev–Trinajstić information content (AvgIpc) is 3.42. The first-order valence-electron chi connectivity index (χ1n) is 10.1. The third-order valence-electron chi connectivity index (χ3n) is 5.45. The molecule has 31 heavy (non-hydrogen) atoms.